The van der Waals surface area contributed by atoms with Gasteiger partial charge in [0.1, 0.15) is 5.75 Å². The minimum absolute atomic E-state index is 0.380. The first-order chi connectivity index (χ1) is 9.22. The highest BCUT2D eigenvalue weighted by atomic mass is 16.5. The summed E-state index contributed by atoms with van der Waals surface area (Å²) in [6.07, 6.45) is 3.13. The average Bonchev–Trinajstić information content (AvgIpc) is 2.42. The molecule has 1 aromatic rings. The molecular formula is C17H25NO. The molecule has 2 heteroatoms. The third kappa shape index (κ3) is 4.96. The minimum Gasteiger partial charge on any atom is -0.496 e. The van der Waals surface area contributed by atoms with Crippen molar-refractivity contribution in [1.82, 2.24) is 5.32 Å². The van der Waals surface area contributed by atoms with Gasteiger partial charge in [-0.25, -0.2) is 0 Å². The molecule has 19 heavy (non-hydrogen) atoms. The molecule has 0 amide bonds. The summed E-state index contributed by atoms with van der Waals surface area (Å²) in [4.78, 5) is 0. The van der Waals surface area contributed by atoms with Crippen LogP contribution in [0.2, 0.25) is 0 Å². The van der Waals surface area contributed by atoms with Gasteiger partial charge in [0.25, 0.3) is 0 Å². The van der Waals surface area contributed by atoms with Crippen molar-refractivity contribution in [3.05, 3.63) is 29.3 Å². The summed E-state index contributed by atoms with van der Waals surface area (Å²) in [5.41, 5.74) is 2.51. The number of hydrogen-bond donors (Lipinski definition) is 1. The zero-order chi connectivity index (χ0) is 14.1. The Balaban J connectivity index is 2.81. The highest BCUT2D eigenvalue weighted by Gasteiger charge is 2.11. The van der Waals surface area contributed by atoms with E-state index in [0.717, 1.165) is 31.6 Å². The summed E-state index contributed by atoms with van der Waals surface area (Å²) in [6.45, 7) is 7.21. The van der Waals surface area contributed by atoms with Gasteiger partial charge in [-0.2, -0.15) is 0 Å². The Hall–Kier alpha value is -1.46. The van der Waals surface area contributed by atoms with E-state index in [1.165, 1.54) is 11.1 Å². The van der Waals surface area contributed by atoms with Crippen LogP contribution in [0.5, 0.6) is 5.75 Å². The molecule has 0 aromatic heterocycles. The highest BCUT2D eigenvalue weighted by Crippen LogP contribution is 2.25. The van der Waals surface area contributed by atoms with Crippen molar-refractivity contribution in [3.8, 4) is 17.6 Å². The van der Waals surface area contributed by atoms with Crippen LogP contribution in [0.3, 0.4) is 0 Å². The molecule has 0 bridgehead atoms. The molecule has 104 valence electrons. The number of aryl methyl sites for hydroxylation is 1. The molecule has 0 saturated carbocycles. The molecular weight excluding hydrogens is 234 g/mol. The normalized spacial score (nSPS) is 11.6. The average molecular weight is 259 g/mol. The van der Waals surface area contributed by atoms with Crippen LogP contribution < -0.4 is 10.1 Å². The second-order valence-corrected chi connectivity index (χ2v) is 4.70. The first-order valence-corrected chi connectivity index (χ1v) is 7.00. The highest BCUT2D eigenvalue weighted by molar-refractivity contribution is 5.37. The van der Waals surface area contributed by atoms with E-state index in [0.29, 0.717) is 6.04 Å². The summed E-state index contributed by atoms with van der Waals surface area (Å²) in [5, 5.41) is 3.60. The monoisotopic (exact) mass is 259 g/mol. The lowest BCUT2D eigenvalue weighted by molar-refractivity contribution is 0.411. The van der Waals surface area contributed by atoms with E-state index in [9.17, 15) is 0 Å². The molecule has 0 heterocycles. The molecule has 0 fully saturated rings. The van der Waals surface area contributed by atoms with Crippen molar-refractivity contribution in [2.45, 2.75) is 46.1 Å². The van der Waals surface area contributed by atoms with E-state index < -0.39 is 0 Å². The molecule has 1 unspecified atom stereocenters. The van der Waals surface area contributed by atoms with E-state index >= 15 is 0 Å². The lowest BCUT2D eigenvalue weighted by atomic mass is 9.99. The molecule has 1 rings (SSSR count). The van der Waals surface area contributed by atoms with Gasteiger partial charge in [-0.15, -0.1) is 11.8 Å². The Morgan fingerprint density at radius 3 is 2.74 bits per heavy atom. The predicted molar refractivity (Wildman–Crippen MR) is 81.4 cm³/mol. The lowest BCUT2D eigenvalue weighted by Crippen LogP contribution is -2.22. The van der Waals surface area contributed by atoms with Crippen molar-refractivity contribution in [2.24, 2.45) is 0 Å². The van der Waals surface area contributed by atoms with E-state index in [4.69, 9.17) is 4.74 Å². The van der Waals surface area contributed by atoms with Crippen molar-refractivity contribution in [2.75, 3.05) is 13.7 Å². The summed E-state index contributed by atoms with van der Waals surface area (Å²) >= 11 is 0. The van der Waals surface area contributed by atoms with Crippen LogP contribution in [0.25, 0.3) is 0 Å². The van der Waals surface area contributed by atoms with Crippen LogP contribution in [0.1, 0.15) is 50.3 Å². The molecule has 0 spiro atoms. The fraction of sp³-hybridized carbons (Fsp3) is 0.529. The predicted octanol–water partition coefficient (Wildman–Crippen LogP) is 3.85. The second kappa shape index (κ2) is 8.61. The van der Waals surface area contributed by atoms with Gasteiger partial charge in [-0.05, 0) is 50.4 Å². The SMILES string of the molecule is CC#CCCC(NCCC)c1ccc(OC)c(C)c1. The van der Waals surface area contributed by atoms with Gasteiger partial charge in [-0.1, -0.05) is 19.1 Å². The topological polar surface area (TPSA) is 21.3 Å². The van der Waals surface area contributed by atoms with Gasteiger partial charge < -0.3 is 10.1 Å². The van der Waals surface area contributed by atoms with Crippen LogP contribution in [-0.2, 0) is 0 Å². The van der Waals surface area contributed by atoms with Crippen molar-refractivity contribution in [1.29, 1.82) is 0 Å². The van der Waals surface area contributed by atoms with Crippen LogP contribution in [0.15, 0.2) is 18.2 Å². The molecule has 2 nitrogen and oxygen atoms in total. The van der Waals surface area contributed by atoms with Crippen molar-refractivity contribution >= 4 is 0 Å². The second-order valence-electron chi connectivity index (χ2n) is 4.70. The molecule has 1 atom stereocenters. The Morgan fingerprint density at radius 2 is 2.16 bits per heavy atom. The molecule has 0 aliphatic rings. The van der Waals surface area contributed by atoms with E-state index in [1.54, 1.807) is 7.11 Å². The zero-order valence-electron chi connectivity index (χ0n) is 12.5. The number of ether oxygens (including phenoxy) is 1. The van der Waals surface area contributed by atoms with Crippen molar-refractivity contribution in [3.63, 3.8) is 0 Å². The molecule has 0 aliphatic heterocycles. The quantitative estimate of drug-likeness (QED) is 0.751. The number of benzene rings is 1. The number of nitrogens with one attached hydrogen (secondary N) is 1. The number of hydrogen-bond acceptors (Lipinski definition) is 2. The van der Waals surface area contributed by atoms with Gasteiger partial charge in [-0.3, -0.25) is 0 Å². The fourth-order valence-electron chi connectivity index (χ4n) is 2.17. The van der Waals surface area contributed by atoms with Gasteiger partial charge in [0.15, 0.2) is 0 Å². The Morgan fingerprint density at radius 1 is 1.37 bits per heavy atom. The Kier molecular flexibility index (Phi) is 7.07. The summed E-state index contributed by atoms with van der Waals surface area (Å²) in [6, 6.07) is 6.80. The van der Waals surface area contributed by atoms with Crippen LogP contribution in [0, 0.1) is 18.8 Å². The third-order valence-electron chi connectivity index (χ3n) is 3.20. The van der Waals surface area contributed by atoms with Crippen LogP contribution in [-0.4, -0.2) is 13.7 Å². The molecule has 1 aromatic carbocycles. The third-order valence-corrected chi connectivity index (χ3v) is 3.20. The zero-order valence-corrected chi connectivity index (χ0v) is 12.5. The number of rotatable bonds is 7. The van der Waals surface area contributed by atoms with E-state index in [1.807, 2.05) is 6.92 Å². The molecule has 1 N–H and O–H groups in total. The van der Waals surface area contributed by atoms with E-state index in [-0.39, 0.29) is 0 Å². The summed E-state index contributed by atoms with van der Waals surface area (Å²) in [7, 11) is 1.71. The maximum Gasteiger partial charge on any atom is 0.121 e. The first-order valence-electron chi connectivity index (χ1n) is 7.00. The van der Waals surface area contributed by atoms with E-state index in [2.05, 4.69) is 49.2 Å². The van der Waals surface area contributed by atoms with Crippen LogP contribution in [0.4, 0.5) is 0 Å². The standard InChI is InChI=1S/C17H25NO/c1-5-7-8-9-16(18-12-6-2)15-10-11-17(19-4)14(3)13-15/h10-11,13,16,18H,6,8-9,12H2,1-4H3. The van der Waals surface area contributed by atoms with Crippen LogP contribution >= 0.6 is 0 Å². The molecule has 0 saturated heterocycles. The van der Waals surface area contributed by atoms with Gasteiger partial charge in [0, 0.05) is 12.5 Å². The Bertz CT molecular complexity index is 442. The molecule has 0 radical (unpaired) electrons. The Labute approximate surface area is 117 Å². The summed E-state index contributed by atoms with van der Waals surface area (Å²) < 4.78 is 5.32. The maximum atomic E-state index is 5.32. The maximum absolute atomic E-state index is 5.32. The van der Waals surface area contributed by atoms with Crippen molar-refractivity contribution < 1.29 is 4.74 Å². The molecule has 0 aliphatic carbocycles. The fourth-order valence-corrected chi connectivity index (χ4v) is 2.17. The van der Waals surface area contributed by atoms with Gasteiger partial charge in [0.05, 0.1) is 7.11 Å². The summed E-state index contributed by atoms with van der Waals surface area (Å²) in [5.74, 6) is 7.06. The first kappa shape index (κ1) is 15.6. The number of methoxy groups -OCH3 is 1. The minimum atomic E-state index is 0.380. The largest absolute Gasteiger partial charge is 0.496 e. The lowest BCUT2D eigenvalue weighted by Gasteiger charge is -2.19. The van der Waals surface area contributed by atoms with Gasteiger partial charge in [0.2, 0.25) is 0 Å². The smallest absolute Gasteiger partial charge is 0.121 e. The van der Waals surface area contributed by atoms with Gasteiger partial charge >= 0.3 is 0 Å².